The average Bonchev–Trinajstić information content (AvgIpc) is 2.66. The summed E-state index contributed by atoms with van der Waals surface area (Å²) >= 11 is 0. The molecule has 1 aliphatic heterocycles. The highest BCUT2D eigenvalue weighted by Gasteiger charge is 2.43. The SMILES string of the molecule is CN(C)c1ccn(C2OC(CO)C(O)C2O)c(=O)n1. The minimum absolute atomic E-state index is 0.438. The van der Waals surface area contributed by atoms with Gasteiger partial charge in [-0.15, -0.1) is 0 Å². The first-order chi connectivity index (χ1) is 8.95. The van der Waals surface area contributed by atoms with Crippen LogP contribution in [-0.4, -0.2) is 63.9 Å². The second-order valence-corrected chi connectivity index (χ2v) is 4.60. The molecule has 2 heterocycles. The monoisotopic (exact) mass is 271 g/mol. The van der Waals surface area contributed by atoms with Gasteiger partial charge in [0.2, 0.25) is 0 Å². The van der Waals surface area contributed by atoms with E-state index in [0.717, 1.165) is 4.57 Å². The number of anilines is 1. The lowest BCUT2D eigenvalue weighted by Crippen LogP contribution is -2.36. The number of rotatable bonds is 3. The molecule has 0 amide bonds. The summed E-state index contributed by atoms with van der Waals surface area (Å²) in [6.07, 6.45) is -3.06. The number of aliphatic hydroxyl groups excluding tert-OH is 3. The molecule has 2 rings (SSSR count). The molecule has 1 aromatic heterocycles. The van der Waals surface area contributed by atoms with Crippen LogP contribution in [0.25, 0.3) is 0 Å². The highest BCUT2D eigenvalue weighted by Crippen LogP contribution is 2.28. The number of aliphatic hydroxyl groups is 3. The number of ether oxygens (including phenoxy) is 1. The van der Waals surface area contributed by atoms with Crippen molar-refractivity contribution in [1.29, 1.82) is 0 Å². The fourth-order valence-electron chi connectivity index (χ4n) is 1.96. The first-order valence-electron chi connectivity index (χ1n) is 5.84. The van der Waals surface area contributed by atoms with E-state index in [9.17, 15) is 15.0 Å². The Morgan fingerprint density at radius 3 is 2.58 bits per heavy atom. The van der Waals surface area contributed by atoms with Crippen molar-refractivity contribution in [3.63, 3.8) is 0 Å². The minimum atomic E-state index is -1.29. The highest BCUT2D eigenvalue weighted by atomic mass is 16.6. The lowest BCUT2D eigenvalue weighted by atomic mass is 10.1. The second kappa shape index (κ2) is 5.25. The van der Waals surface area contributed by atoms with E-state index in [2.05, 4.69) is 4.98 Å². The van der Waals surface area contributed by atoms with Crippen molar-refractivity contribution in [2.24, 2.45) is 0 Å². The molecule has 0 saturated carbocycles. The van der Waals surface area contributed by atoms with Gasteiger partial charge in [-0.05, 0) is 6.07 Å². The van der Waals surface area contributed by atoms with E-state index in [0.29, 0.717) is 5.82 Å². The molecular formula is C11H17N3O5. The van der Waals surface area contributed by atoms with Gasteiger partial charge in [0, 0.05) is 20.3 Å². The smallest absolute Gasteiger partial charge is 0.351 e. The van der Waals surface area contributed by atoms with Gasteiger partial charge in [-0.1, -0.05) is 0 Å². The Labute approximate surface area is 109 Å². The lowest BCUT2D eigenvalue weighted by molar-refractivity contribution is -0.0549. The van der Waals surface area contributed by atoms with Crippen LogP contribution in [0.2, 0.25) is 0 Å². The average molecular weight is 271 g/mol. The summed E-state index contributed by atoms with van der Waals surface area (Å²) in [5.74, 6) is 0.480. The van der Waals surface area contributed by atoms with Crippen molar-refractivity contribution in [1.82, 2.24) is 9.55 Å². The van der Waals surface area contributed by atoms with E-state index in [-0.39, 0.29) is 0 Å². The van der Waals surface area contributed by atoms with E-state index in [1.54, 1.807) is 25.1 Å². The van der Waals surface area contributed by atoms with Crippen LogP contribution in [0, 0.1) is 0 Å². The van der Waals surface area contributed by atoms with Crippen LogP contribution in [0.5, 0.6) is 0 Å². The summed E-state index contributed by atoms with van der Waals surface area (Å²) < 4.78 is 6.36. The summed E-state index contributed by atoms with van der Waals surface area (Å²) in [5.41, 5.74) is -0.596. The first kappa shape index (κ1) is 13.9. The third-order valence-electron chi connectivity index (χ3n) is 3.06. The summed E-state index contributed by atoms with van der Waals surface area (Å²) in [5, 5.41) is 28.5. The zero-order valence-electron chi connectivity index (χ0n) is 10.7. The van der Waals surface area contributed by atoms with Crippen LogP contribution >= 0.6 is 0 Å². The molecule has 1 aromatic rings. The zero-order chi connectivity index (χ0) is 14.2. The molecule has 3 N–H and O–H groups in total. The fraction of sp³-hybridized carbons (Fsp3) is 0.636. The third-order valence-corrected chi connectivity index (χ3v) is 3.06. The number of hydrogen-bond donors (Lipinski definition) is 3. The largest absolute Gasteiger partial charge is 0.394 e. The van der Waals surface area contributed by atoms with E-state index in [1.807, 2.05) is 0 Å². The number of hydrogen-bond acceptors (Lipinski definition) is 7. The zero-order valence-corrected chi connectivity index (χ0v) is 10.7. The van der Waals surface area contributed by atoms with Crippen molar-refractivity contribution < 1.29 is 20.1 Å². The van der Waals surface area contributed by atoms with E-state index < -0.39 is 36.8 Å². The fourth-order valence-corrected chi connectivity index (χ4v) is 1.96. The van der Waals surface area contributed by atoms with Crippen LogP contribution in [0.15, 0.2) is 17.1 Å². The van der Waals surface area contributed by atoms with E-state index in [1.165, 1.54) is 6.20 Å². The Hall–Kier alpha value is -1.48. The second-order valence-electron chi connectivity index (χ2n) is 4.60. The van der Waals surface area contributed by atoms with Crippen molar-refractivity contribution in [3.8, 4) is 0 Å². The predicted octanol–water partition coefficient (Wildman–Crippen LogP) is -2.08. The lowest BCUT2D eigenvalue weighted by Gasteiger charge is -2.18. The van der Waals surface area contributed by atoms with Crippen LogP contribution in [-0.2, 0) is 4.74 Å². The summed E-state index contributed by atoms with van der Waals surface area (Å²) in [6.45, 7) is -0.438. The Bertz CT molecular complexity index is 503. The van der Waals surface area contributed by atoms with Crippen LogP contribution in [0.3, 0.4) is 0 Å². The molecule has 4 unspecified atom stereocenters. The molecule has 0 aromatic carbocycles. The summed E-state index contributed by atoms with van der Waals surface area (Å²) in [6, 6.07) is 1.59. The highest BCUT2D eigenvalue weighted by molar-refractivity contribution is 5.33. The van der Waals surface area contributed by atoms with Gasteiger partial charge in [0.1, 0.15) is 24.1 Å². The molecule has 8 nitrogen and oxygen atoms in total. The number of nitrogens with zero attached hydrogens (tertiary/aromatic N) is 3. The normalized spacial score (nSPS) is 30.6. The van der Waals surface area contributed by atoms with E-state index >= 15 is 0 Å². The molecule has 106 valence electrons. The minimum Gasteiger partial charge on any atom is -0.394 e. The van der Waals surface area contributed by atoms with Gasteiger partial charge in [-0.2, -0.15) is 4.98 Å². The number of aromatic nitrogens is 2. The molecule has 8 heteroatoms. The third kappa shape index (κ3) is 2.47. The van der Waals surface area contributed by atoms with E-state index in [4.69, 9.17) is 9.84 Å². The quantitative estimate of drug-likeness (QED) is 0.579. The maximum Gasteiger partial charge on any atom is 0.351 e. The van der Waals surface area contributed by atoms with Crippen LogP contribution in [0.1, 0.15) is 6.23 Å². The molecule has 19 heavy (non-hydrogen) atoms. The van der Waals surface area contributed by atoms with Gasteiger partial charge < -0.3 is 25.0 Å². The Morgan fingerprint density at radius 1 is 1.42 bits per heavy atom. The Balaban J connectivity index is 2.31. The van der Waals surface area contributed by atoms with Crippen molar-refractivity contribution in [3.05, 3.63) is 22.7 Å². The van der Waals surface area contributed by atoms with Gasteiger partial charge in [0.25, 0.3) is 0 Å². The van der Waals surface area contributed by atoms with Crippen molar-refractivity contribution in [2.75, 3.05) is 25.6 Å². The molecule has 1 aliphatic rings. The first-order valence-corrected chi connectivity index (χ1v) is 5.84. The van der Waals surface area contributed by atoms with Crippen molar-refractivity contribution >= 4 is 5.82 Å². The molecular weight excluding hydrogens is 254 g/mol. The van der Waals surface area contributed by atoms with Crippen molar-refractivity contribution in [2.45, 2.75) is 24.5 Å². The molecule has 4 atom stereocenters. The molecule has 1 fully saturated rings. The Morgan fingerprint density at radius 2 is 2.11 bits per heavy atom. The summed E-state index contributed by atoms with van der Waals surface area (Å²) in [4.78, 5) is 17.4. The van der Waals surface area contributed by atoms with Gasteiger partial charge in [0.15, 0.2) is 6.23 Å². The summed E-state index contributed by atoms with van der Waals surface area (Å²) in [7, 11) is 3.50. The topological polar surface area (TPSA) is 108 Å². The predicted molar refractivity (Wildman–Crippen MR) is 65.8 cm³/mol. The maximum absolute atomic E-state index is 11.9. The van der Waals surface area contributed by atoms with Gasteiger partial charge >= 0.3 is 5.69 Å². The molecule has 0 radical (unpaired) electrons. The maximum atomic E-state index is 11.9. The molecule has 0 spiro atoms. The van der Waals surface area contributed by atoms with Crippen LogP contribution in [0.4, 0.5) is 5.82 Å². The van der Waals surface area contributed by atoms with Crippen LogP contribution < -0.4 is 10.6 Å². The standard InChI is InChI=1S/C11H17N3O5/c1-13(2)7-3-4-14(11(18)12-7)10-9(17)8(16)6(5-15)19-10/h3-4,6,8-10,15-17H,5H2,1-2H3. The van der Waals surface area contributed by atoms with Gasteiger partial charge in [-0.25, -0.2) is 4.79 Å². The molecule has 1 saturated heterocycles. The molecule has 0 bridgehead atoms. The molecule has 0 aliphatic carbocycles. The van der Waals surface area contributed by atoms with Gasteiger partial charge in [-0.3, -0.25) is 4.57 Å². The van der Waals surface area contributed by atoms with Gasteiger partial charge in [0.05, 0.1) is 6.61 Å². The Kier molecular flexibility index (Phi) is 3.85.